The van der Waals surface area contributed by atoms with Gasteiger partial charge in [-0.1, -0.05) is 12.2 Å². The van der Waals surface area contributed by atoms with Crippen LogP contribution >= 0.6 is 0 Å². The van der Waals surface area contributed by atoms with Gasteiger partial charge in [0.25, 0.3) is 5.69 Å². The molecular weight excluding hydrogens is 196 g/mol. The van der Waals surface area contributed by atoms with Gasteiger partial charge in [0.15, 0.2) is 0 Å². The van der Waals surface area contributed by atoms with Gasteiger partial charge in [-0.2, -0.15) is 0 Å². The Hall–Kier alpha value is -1.88. The standard InChI is InChI=1S/C10H12N2O3/c1-15-10-5-4-9(12(13)14)7-8(10)3-2-6-11/h2-5,7H,6,11H2,1H3/b3-2+. The Labute approximate surface area is 87.3 Å². The van der Waals surface area contributed by atoms with Crippen LogP contribution in [0.4, 0.5) is 5.69 Å². The van der Waals surface area contributed by atoms with E-state index in [0.29, 0.717) is 17.9 Å². The summed E-state index contributed by atoms with van der Waals surface area (Å²) in [5, 5.41) is 10.5. The SMILES string of the molecule is COc1ccc([N+](=O)[O-])cc1/C=C/CN. The van der Waals surface area contributed by atoms with E-state index < -0.39 is 4.92 Å². The van der Waals surface area contributed by atoms with Crippen molar-refractivity contribution in [3.63, 3.8) is 0 Å². The van der Waals surface area contributed by atoms with E-state index in [1.165, 1.54) is 19.2 Å². The minimum atomic E-state index is -0.445. The number of nitro benzene ring substituents is 1. The normalized spacial score (nSPS) is 10.5. The minimum absolute atomic E-state index is 0.0347. The second kappa shape index (κ2) is 5.11. The van der Waals surface area contributed by atoms with E-state index in [1.807, 2.05) is 0 Å². The topological polar surface area (TPSA) is 78.4 Å². The molecule has 0 unspecified atom stereocenters. The van der Waals surface area contributed by atoms with Gasteiger partial charge in [-0.3, -0.25) is 10.1 Å². The summed E-state index contributed by atoms with van der Waals surface area (Å²) >= 11 is 0. The van der Waals surface area contributed by atoms with Crippen LogP contribution in [0.5, 0.6) is 5.75 Å². The first-order chi connectivity index (χ1) is 7.19. The minimum Gasteiger partial charge on any atom is -0.496 e. The third kappa shape index (κ3) is 2.78. The molecule has 0 aromatic heterocycles. The molecule has 0 heterocycles. The number of rotatable bonds is 4. The Bertz CT molecular complexity index is 388. The maximum absolute atomic E-state index is 10.5. The number of methoxy groups -OCH3 is 1. The largest absolute Gasteiger partial charge is 0.496 e. The zero-order valence-electron chi connectivity index (χ0n) is 8.34. The van der Waals surface area contributed by atoms with Crippen molar-refractivity contribution in [3.05, 3.63) is 40.0 Å². The van der Waals surface area contributed by atoms with Gasteiger partial charge in [0.05, 0.1) is 12.0 Å². The summed E-state index contributed by atoms with van der Waals surface area (Å²) in [4.78, 5) is 10.1. The molecule has 5 heteroatoms. The molecule has 15 heavy (non-hydrogen) atoms. The van der Waals surface area contributed by atoms with Crippen LogP contribution in [0.25, 0.3) is 6.08 Å². The van der Waals surface area contributed by atoms with Gasteiger partial charge in [-0.25, -0.2) is 0 Å². The van der Waals surface area contributed by atoms with Crippen LogP contribution in [0.3, 0.4) is 0 Å². The Morgan fingerprint density at radius 2 is 2.33 bits per heavy atom. The summed E-state index contributed by atoms with van der Waals surface area (Å²) < 4.78 is 5.06. The molecule has 80 valence electrons. The molecule has 0 bridgehead atoms. The Morgan fingerprint density at radius 1 is 1.60 bits per heavy atom. The van der Waals surface area contributed by atoms with Crippen molar-refractivity contribution in [2.75, 3.05) is 13.7 Å². The van der Waals surface area contributed by atoms with E-state index >= 15 is 0 Å². The summed E-state index contributed by atoms with van der Waals surface area (Å²) in [5.41, 5.74) is 5.99. The molecule has 0 aliphatic heterocycles. The second-order valence-electron chi connectivity index (χ2n) is 2.82. The first kappa shape index (κ1) is 11.2. The van der Waals surface area contributed by atoms with E-state index in [4.69, 9.17) is 10.5 Å². The molecule has 0 aliphatic rings. The summed E-state index contributed by atoms with van der Waals surface area (Å²) in [6, 6.07) is 4.41. The highest BCUT2D eigenvalue weighted by atomic mass is 16.6. The van der Waals surface area contributed by atoms with Gasteiger partial charge in [-0.05, 0) is 6.07 Å². The zero-order chi connectivity index (χ0) is 11.3. The van der Waals surface area contributed by atoms with Crippen molar-refractivity contribution in [3.8, 4) is 5.75 Å². The van der Waals surface area contributed by atoms with Crippen molar-refractivity contribution >= 4 is 11.8 Å². The quantitative estimate of drug-likeness (QED) is 0.601. The van der Waals surface area contributed by atoms with E-state index in [1.54, 1.807) is 18.2 Å². The summed E-state index contributed by atoms with van der Waals surface area (Å²) in [5.74, 6) is 0.588. The molecule has 0 saturated heterocycles. The molecule has 2 N–H and O–H groups in total. The van der Waals surface area contributed by atoms with E-state index in [-0.39, 0.29) is 5.69 Å². The van der Waals surface area contributed by atoms with Gasteiger partial charge in [0.2, 0.25) is 0 Å². The molecule has 0 radical (unpaired) electrons. The van der Waals surface area contributed by atoms with Gasteiger partial charge >= 0.3 is 0 Å². The Morgan fingerprint density at radius 3 is 2.87 bits per heavy atom. The predicted octanol–water partition coefficient (Wildman–Crippen LogP) is 1.58. The molecule has 0 spiro atoms. The van der Waals surface area contributed by atoms with Gasteiger partial charge in [-0.15, -0.1) is 0 Å². The fraction of sp³-hybridized carbons (Fsp3) is 0.200. The molecule has 0 fully saturated rings. The predicted molar refractivity (Wildman–Crippen MR) is 57.7 cm³/mol. The second-order valence-corrected chi connectivity index (χ2v) is 2.82. The lowest BCUT2D eigenvalue weighted by molar-refractivity contribution is -0.384. The summed E-state index contributed by atoms with van der Waals surface area (Å²) in [7, 11) is 1.51. The van der Waals surface area contributed by atoms with Crippen LogP contribution in [0.2, 0.25) is 0 Å². The van der Waals surface area contributed by atoms with Crippen LogP contribution in [-0.4, -0.2) is 18.6 Å². The lowest BCUT2D eigenvalue weighted by atomic mass is 10.1. The third-order valence-electron chi connectivity index (χ3n) is 1.86. The average molecular weight is 208 g/mol. The number of benzene rings is 1. The van der Waals surface area contributed by atoms with Gasteiger partial charge < -0.3 is 10.5 Å². The fourth-order valence-corrected chi connectivity index (χ4v) is 1.16. The Balaban J connectivity index is 3.13. The monoisotopic (exact) mass is 208 g/mol. The van der Waals surface area contributed by atoms with Crippen LogP contribution < -0.4 is 10.5 Å². The summed E-state index contributed by atoms with van der Waals surface area (Å²) in [6.45, 7) is 0.381. The molecule has 1 aromatic rings. The molecule has 0 saturated carbocycles. The number of nitrogens with zero attached hydrogens (tertiary/aromatic N) is 1. The highest BCUT2D eigenvalue weighted by Gasteiger charge is 2.08. The maximum Gasteiger partial charge on any atom is 0.270 e. The van der Waals surface area contributed by atoms with Crippen molar-refractivity contribution in [2.24, 2.45) is 5.73 Å². The lowest BCUT2D eigenvalue weighted by Gasteiger charge is -2.03. The van der Waals surface area contributed by atoms with E-state index in [9.17, 15) is 10.1 Å². The van der Waals surface area contributed by atoms with Crippen LogP contribution in [-0.2, 0) is 0 Å². The summed E-state index contributed by atoms with van der Waals surface area (Å²) in [6.07, 6.45) is 3.41. The van der Waals surface area contributed by atoms with Crippen LogP contribution in [0, 0.1) is 10.1 Å². The zero-order valence-corrected chi connectivity index (χ0v) is 8.34. The molecule has 1 aromatic carbocycles. The van der Waals surface area contributed by atoms with Crippen LogP contribution in [0.15, 0.2) is 24.3 Å². The van der Waals surface area contributed by atoms with Crippen molar-refractivity contribution in [1.29, 1.82) is 0 Å². The number of hydrogen-bond acceptors (Lipinski definition) is 4. The van der Waals surface area contributed by atoms with E-state index in [0.717, 1.165) is 0 Å². The van der Waals surface area contributed by atoms with Gasteiger partial charge in [0.1, 0.15) is 5.75 Å². The van der Waals surface area contributed by atoms with E-state index in [2.05, 4.69) is 0 Å². The smallest absolute Gasteiger partial charge is 0.270 e. The number of ether oxygens (including phenoxy) is 1. The van der Waals surface area contributed by atoms with Crippen molar-refractivity contribution in [1.82, 2.24) is 0 Å². The average Bonchev–Trinajstić information content (AvgIpc) is 2.25. The van der Waals surface area contributed by atoms with Crippen molar-refractivity contribution < 1.29 is 9.66 Å². The Kier molecular flexibility index (Phi) is 3.82. The van der Waals surface area contributed by atoms with Gasteiger partial charge in [0, 0.05) is 24.2 Å². The lowest BCUT2D eigenvalue weighted by Crippen LogP contribution is -1.94. The highest BCUT2D eigenvalue weighted by molar-refractivity contribution is 5.61. The molecule has 1 rings (SSSR count). The molecule has 5 nitrogen and oxygen atoms in total. The van der Waals surface area contributed by atoms with Crippen molar-refractivity contribution in [2.45, 2.75) is 0 Å². The molecule has 0 atom stereocenters. The molecular formula is C10H12N2O3. The number of non-ortho nitro benzene ring substituents is 1. The fourth-order valence-electron chi connectivity index (χ4n) is 1.16. The number of nitrogens with two attached hydrogens (primary N) is 1. The number of hydrogen-bond donors (Lipinski definition) is 1. The molecule has 0 aliphatic carbocycles. The molecule has 0 amide bonds. The third-order valence-corrected chi connectivity index (χ3v) is 1.86. The number of nitro groups is 1. The van der Waals surface area contributed by atoms with Crippen LogP contribution in [0.1, 0.15) is 5.56 Å². The highest BCUT2D eigenvalue weighted by Crippen LogP contribution is 2.24. The first-order valence-electron chi connectivity index (χ1n) is 4.38. The maximum atomic E-state index is 10.5. The first-order valence-corrected chi connectivity index (χ1v) is 4.38.